The highest BCUT2D eigenvalue weighted by atomic mass is 31.1. The lowest BCUT2D eigenvalue weighted by Crippen LogP contribution is -2.05. The molecule has 84 valence electrons. The summed E-state index contributed by atoms with van der Waals surface area (Å²) in [5.41, 5.74) is 0.994. The molecule has 0 spiro atoms. The van der Waals surface area contributed by atoms with Gasteiger partial charge in [-0.15, -0.1) is 0 Å². The number of hydrogen-bond donors (Lipinski definition) is 1. The van der Waals surface area contributed by atoms with E-state index in [4.69, 9.17) is 9.31 Å². The number of benzene rings is 1. The molecular formula is C10H9O5P. The normalized spacial score (nSPS) is 12.8. The Bertz CT molecular complexity index is 545. The van der Waals surface area contributed by atoms with Gasteiger partial charge in [-0.05, 0) is 12.1 Å². The monoisotopic (exact) mass is 240 g/mol. The summed E-state index contributed by atoms with van der Waals surface area (Å²) >= 11 is 0. The topological polar surface area (TPSA) is 76.7 Å². The molecule has 6 heteroatoms. The molecule has 5 nitrogen and oxygen atoms in total. The van der Waals surface area contributed by atoms with Crippen LogP contribution in [0.5, 0.6) is 0 Å². The summed E-state index contributed by atoms with van der Waals surface area (Å²) in [6, 6.07) is 6.73. The molecular weight excluding hydrogens is 231 g/mol. The summed E-state index contributed by atoms with van der Waals surface area (Å²) in [5.74, 6) is -0.356. The minimum Gasteiger partial charge on any atom is -0.464 e. The van der Waals surface area contributed by atoms with Crippen molar-refractivity contribution in [2.45, 2.75) is 0 Å². The zero-order chi connectivity index (χ0) is 11.5. The molecule has 0 radical (unpaired) electrons. The standard InChI is InChI=1S/C10H9O5P/c11-9(6-15-16(12)13)8-2-1-7-3-4-14-10(7)5-8/h1-5,16H,6H2,(H,12,13). The second kappa shape index (κ2) is 4.61. The number of hydrogen-bond acceptors (Lipinski definition) is 4. The van der Waals surface area contributed by atoms with Crippen LogP contribution in [0.1, 0.15) is 10.4 Å². The first-order chi connectivity index (χ1) is 7.66. The van der Waals surface area contributed by atoms with Gasteiger partial charge in [-0.1, -0.05) is 12.1 Å². The van der Waals surface area contributed by atoms with Crippen LogP contribution in [0.25, 0.3) is 11.0 Å². The van der Waals surface area contributed by atoms with Crippen LogP contribution in [0.3, 0.4) is 0 Å². The molecule has 2 rings (SSSR count). The number of furan rings is 1. The average Bonchev–Trinajstić information content (AvgIpc) is 2.72. The first kappa shape index (κ1) is 11.1. The van der Waals surface area contributed by atoms with Gasteiger partial charge in [0.05, 0.1) is 6.26 Å². The van der Waals surface area contributed by atoms with Gasteiger partial charge in [0.1, 0.15) is 12.2 Å². The van der Waals surface area contributed by atoms with E-state index < -0.39 is 14.9 Å². The second-order valence-corrected chi connectivity index (χ2v) is 3.97. The first-order valence-corrected chi connectivity index (χ1v) is 5.79. The van der Waals surface area contributed by atoms with Crippen LogP contribution in [-0.2, 0) is 9.09 Å². The summed E-state index contributed by atoms with van der Waals surface area (Å²) in [4.78, 5) is 20.0. The van der Waals surface area contributed by atoms with Crippen LogP contribution in [0.4, 0.5) is 0 Å². The average molecular weight is 240 g/mol. The van der Waals surface area contributed by atoms with Crippen LogP contribution in [0.2, 0.25) is 0 Å². The quantitative estimate of drug-likeness (QED) is 0.653. The zero-order valence-electron chi connectivity index (χ0n) is 8.17. The van der Waals surface area contributed by atoms with Gasteiger partial charge in [0.15, 0.2) is 5.78 Å². The Morgan fingerprint density at radius 3 is 3.00 bits per heavy atom. The van der Waals surface area contributed by atoms with E-state index in [1.807, 2.05) is 0 Å². The molecule has 1 aromatic carbocycles. The van der Waals surface area contributed by atoms with Crippen molar-refractivity contribution >= 4 is 25.0 Å². The largest absolute Gasteiger partial charge is 0.464 e. The molecule has 0 amide bonds. The molecule has 1 aromatic heterocycles. The van der Waals surface area contributed by atoms with E-state index in [1.54, 1.807) is 24.3 Å². The van der Waals surface area contributed by atoms with Gasteiger partial charge in [-0.2, -0.15) is 0 Å². The maximum absolute atomic E-state index is 11.5. The van der Waals surface area contributed by atoms with Gasteiger partial charge >= 0.3 is 8.25 Å². The van der Waals surface area contributed by atoms with Gasteiger partial charge in [0, 0.05) is 10.9 Å². The molecule has 0 aliphatic carbocycles. The molecule has 0 aliphatic rings. The Morgan fingerprint density at radius 1 is 1.44 bits per heavy atom. The maximum Gasteiger partial charge on any atom is 0.317 e. The van der Waals surface area contributed by atoms with E-state index in [9.17, 15) is 9.36 Å². The fourth-order valence-electron chi connectivity index (χ4n) is 1.34. The number of rotatable bonds is 4. The molecule has 16 heavy (non-hydrogen) atoms. The van der Waals surface area contributed by atoms with E-state index in [1.165, 1.54) is 6.26 Å². The van der Waals surface area contributed by atoms with Gasteiger partial charge < -0.3 is 13.8 Å². The molecule has 0 saturated heterocycles. The molecule has 0 aliphatic heterocycles. The maximum atomic E-state index is 11.5. The predicted octanol–water partition coefficient (Wildman–Crippen LogP) is 2.01. The third-order valence-electron chi connectivity index (χ3n) is 2.10. The third-order valence-corrected chi connectivity index (χ3v) is 2.50. The lowest BCUT2D eigenvalue weighted by atomic mass is 10.1. The smallest absolute Gasteiger partial charge is 0.317 e. The van der Waals surface area contributed by atoms with Gasteiger partial charge in [-0.3, -0.25) is 9.36 Å². The molecule has 2 aromatic rings. The summed E-state index contributed by atoms with van der Waals surface area (Å²) in [6.45, 7) is -0.402. The number of fused-ring (bicyclic) bond motifs is 1. The van der Waals surface area contributed by atoms with Crippen molar-refractivity contribution in [2.24, 2.45) is 0 Å². The first-order valence-electron chi connectivity index (χ1n) is 4.53. The summed E-state index contributed by atoms with van der Waals surface area (Å²) in [5, 5.41) is 0.896. The molecule has 0 bridgehead atoms. The van der Waals surface area contributed by atoms with Crippen LogP contribution in [0, 0.1) is 0 Å². The number of Topliss-reactive ketones (excluding diaryl/α,β-unsaturated/α-hetero) is 1. The Morgan fingerprint density at radius 2 is 2.25 bits per heavy atom. The van der Waals surface area contributed by atoms with Crippen molar-refractivity contribution in [2.75, 3.05) is 6.61 Å². The number of carbonyl (C=O) groups is 1. The molecule has 1 unspecified atom stereocenters. The highest BCUT2D eigenvalue weighted by Gasteiger charge is 2.09. The highest BCUT2D eigenvalue weighted by Crippen LogP contribution is 2.19. The minimum absolute atomic E-state index is 0.356. The molecule has 1 heterocycles. The van der Waals surface area contributed by atoms with Crippen LogP contribution < -0.4 is 0 Å². The van der Waals surface area contributed by atoms with E-state index >= 15 is 0 Å². The molecule has 0 fully saturated rings. The summed E-state index contributed by atoms with van der Waals surface area (Å²) < 4.78 is 19.8. The van der Waals surface area contributed by atoms with Crippen LogP contribution in [-0.4, -0.2) is 17.3 Å². The predicted molar refractivity (Wildman–Crippen MR) is 57.7 cm³/mol. The van der Waals surface area contributed by atoms with Crippen molar-refractivity contribution < 1.29 is 23.2 Å². The SMILES string of the molecule is O=C(CO[PH](=O)O)c1ccc2ccoc2c1. The van der Waals surface area contributed by atoms with Crippen molar-refractivity contribution in [1.82, 2.24) is 0 Å². The van der Waals surface area contributed by atoms with Gasteiger partial charge in [0.25, 0.3) is 0 Å². The molecule has 1 N–H and O–H groups in total. The van der Waals surface area contributed by atoms with Crippen molar-refractivity contribution in [3.05, 3.63) is 36.1 Å². The molecule has 0 saturated carbocycles. The fourth-order valence-corrected chi connectivity index (χ4v) is 1.59. The minimum atomic E-state index is -3.06. The second-order valence-electron chi connectivity index (χ2n) is 3.15. The Hall–Kier alpha value is -1.42. The van der Waals surface area contributed by atoms with E-state index in [2.05, 4.69) is 4.52 Å². The van der Waals surface area contributed by atoms with Gasteiger partial charge in [-0.25, -0.2) is 0 Å². The number of ketones is 1. The van der Waals surface area contributed by atoms with E-state index in [0.29, 0.717) is 11.1 Å². The zero-order valence-corrected chi connectivity index (χ0v) is 9.17. The number of carbonyl (C=O) groups excluding carboxylic acids is 1. The Balaban J connectivity index is 2.19. The summed E-state index contributed by atoms with van der Waals surface area (Å²) in [7, 11) is -3.06. The fraction of sp³-hybridized carbons (Fsp3) is 0.100. The molecule has 1 atom stereocenters. The van der Waals surface area contributed by atoms with Crippen LogP contribution in [0.15, 0.2) is 34.9 Å². The van der Waals surface area contributed by atoms with E-state index in [-0.39, 0.29) is 5.78 Å². The van der Waals surface area contributed by atoms with Crippen molar-refractivity contribution in [1.29, 1.82) is 0 Å². The highest BCUT2D eigenvalue weighted by molar-refractivity contribution is 7.32. The van der Waals surface area contributed by atoms with E-state index in [0.717, 1.165) is 5.39 Å². The lowest BCUT2D eigenvalue weighted by molar-refractivity contribution is 0.0917. The third kappa shape index (κ3) is 2.39. The van der Waals surface area contributed by atoms with Crippen LogP contribution >= 0.6 is 8.25 Å². The van der Waals surface area contributed by atoms with Gasteiger partial charge in [0.2, 0.25) is 0 Å². The van der Waals surface area contributed by atoms with Crippen molar-refractivity contribution in [3.8, 4) is 0 Å². The lowest BCUT2D eigenvalue weighted by Gasteiger charge is -2.00. The summed E-state index contributed by atoms with van der Waals surface area (Å²) in [6.07, 6.45) is 1.53. The Kier molecular flexibility index (Phi) is 3.19. The van der Waals surface area contributed by atoms with Crippen molar-refractivity contribution in [3.63, 3.8) is 0 Å². The Labute approximate surface area is 91.6 Å².